The van der Waals surface area contributed by atoms with Crippen LogP contribution in [0.1, 0.15) is 12.5 Å². The zero-order chi connectivity index (χ0) is 17.4. The molecule has 0 unspecified atom stereocenters. The van der Waals surface area contributed by atoms with Crippen molar-refractivity contribution in [3.8, 4) is 0 Å². The maximum Gasteiger partial charge on any atom is 0.325 e. The van der Waals surface area contributed by atoms with Crippen LogP contribution in [0.3, 0.4) is 0 Å². The van der Waals surface area contributed by atoms with Crippen LogP contribution in [0.5, 0.6) is 0 Å². The van der Waals surface area contributed by atoms with E-state index in [1.165, 1.54) is 13.0 Å². The van der Waals surface area contributed by atoms with Gasteiger partial charge in [-0.3, -0.25) is 19.8 Å². The van der Waals surface area contributed by atoms with Crippen LogP contribution in [0.4, 0.5) is 14.0 Å². The fraction of sp³-hybridized carbons (Fsp3) is 0.231. The quantitative estimate of drug-likeness (QED) is 0.690. The SMILES string of the molecule is C[C@]1(c2ccc(F)cc2Cl)NC(=O)N(CC(=O)NC(N)=O)C1=O. The van der Waals surface area contributed by atoms with Crippen molar-refractivity contribution >= 4 is 35.5 Å². The third-order valence-corrected chi connectivity index (χ3v) is 3.62. The maximum absolute atomic E-state index is 13.1. The number of hydrogen-bond acceptors (Lipinski definition) is 4. The molecule has 1 atom stereocenters. The molecule has 1 aromatic carbocycles. The molecule has 1 aliphatic heterocycles. The lowest BCUT2D eigenvalue weighted by Crippen LogP contribution is -2.45. The van der Waals surface area contributed by atoms with Gasteiger partial charge in [-0.05, 0) is 19.1 Å². The van der Waals surface area contributed by atoms with E-state index >= 15 is 0 Å². The van der Waals surface area contributed by atoms with Gasteiger partial charge in [-0.15, -0.1) is 0 Å². The van der Waals surface area contributed by atoms with Gasteiger partial charge in [-0.2, -0.15) is 0 Å². The van der Waals surface area contributed by atoms with Crippen LogP contribution in [0.25, 0.3) is 0 Å². The summed E-state index contributed by atoms with van der Waals surface area (Å²) in [6.45, 7) is 0.681. The summed E-state index contributed by atoms with van der Waals surface area (Å²) in [4.78, 5) is 47.2. The molecular weight excluding hydrogens is 331 g/mol. The summed E-state index contributed by atoms with van der Waals surface area (Å²) >= 11 is 5.93. The van der Waals surface area contributed by atoms with Crippen molar-refractivity contribution in [2.24, 2.45) is 5.73 Å². The lowest BCUT2D eigenvalue weighted by atomic mass is 9.92. The molecule has 0 aromatic heterocycles. The molecule has 1 saturated heterocycles. The normalized spacial score (nSPS) is 20.4. The number of nitrogens with one attached hydrogen (secondary N) is 2. The Hall–Kier alpha value is -2.68. The van der Waals surface area contributed by atoms with Crippen molar-refractivity contribution in [1.82, 2.24) is 15.5 Å². The third kappa shape index (κ3) is 3.09. The van der Waals surface area contributed by atoms with Gasteiger partial charge >= 0.3 is 12.1 Å². The van der Waals surface area contributed by atoms with Crippen molar-refractivity contribution in [3.63, 3.8) is 0 Å². The van der Waals surface area contributed by atoms with Crippen LogP contribution < -0.4 is 16.4 Å². The number of nitrogens with zero attached hydrogens (tertiary/aromatic N) is 1. The number of halogens is 2. The Kier molecular flexibility index (Phi) is 4.24. The Morgan fingerprint density at radius 2 is 2.09 bits per heavy atom. The van der Waals surface area contributed by atoms with Gasteiger partial charge in [0.15, 0.2) is 0 Å². The fourth-order valence-electron chi connectivity index (χ4n) is 2.24. The Labute approximate surface area is 134 Å². The predicted molar refractivity (Wildman–Crippen MR) is 76.7 cm³/mol. The number of carbonyl (C=O) groups is 4. The van der Waals surface area contributed by atoms with Crippen LogP contribution in [-0.4, -0.2) is 35.3 Å². The number of hydrogen-bond donors (Lipinski definition) is 3. The average molecular weight is 343 g/mol. The van der Waals surface area contributed by atoms with Crippen LogP contribution in [0.15, 0.2) is 18.2 Å². The average Bonchev–Trinajstić information content (AvgIpc) is 2.62. The highest BCUT2D eigenvalue weighted by atomic mass is 35.5. The van der Waals surface area contributed by atoms with Crippen molar-refractivity contribution in [1.29, 1.82) is 0 Å². The largest absolute Gasteiger partial charge is 0.351 e. The number of imide groups is 2. The van der Waals surface area contributed by atoms with Gasteiger partial charge in [0.1, 0.15) is 17.9 Å². The number of amides is 6. The Morgan fingerprint density at radius 3 is 2.65 bits per heavy atom. The second-order valence-corrected chi connectivity index (χ2v) is 5.39. The highest BCUT2D eigenvalue weighted by molar-refractivity contribution is 6.32. The van der Waals surface area contributed by atoms with E-state index in [4.69, 9.17) is 17.3 Å². The van der Waals surface area contributed by atoms with Crippen molar-refractivity contribution in [2.45, 2.75) is 12.5 Å². The first-order chi connectivity index (χ1) is 10.6. The molecule has 6 amide bonds. The third-order valence-electron chi connectivity index (χ3n) is 3.31. The van der Waals surface area contributed by atoms with E-state index in [0.717, 1.165) is 12.1 Å². The van der Waals surface area contributed by atoms with E-state index in [9.17, 15) is 23.6 Å². The summed E-state index contributed by atoms with van der Waals surface area (Å²) in [5.74, 6) is -2.29. The zero-order valence-corrected chi connectivity index (χ0v) is 12.6. The van der Waals surface area contributed by atoms with Gasteiger partial charge in [0, 0.05) is 10.6 Å². The van der Waals surface area contributed by atoms with Gasteiger partial charge in [-0.25, -0.2) is 14.0 Å². The molecule has 0 bridgehead atoms. The van der Waals surface area contributed by atoms with Gasteiger partial charge in [-0.1, -0.05) is 17.7 Å². The first-order valence-corrected chi connectivity index (χ1v) is 6.72. The standard InChI is InChI=1S/C13H12ClFN4O4/c1-13(7-3-2-6(15)4-8(7)14)10(21)19(12(23)18-13)5-9(20)17-11(16)22/h2-4H,5H2,1H3,(H,18,23)(H3,16,17,20,22)/t13-/m1/s1. The molecule has 23 heavy (non-hydrogen) atoms. The monoisotopic (exact) mass is 342 g/mol. The summed E-state index contributed by atoms with van der Waals surface area (Å²) in [6.07, 6.45) is 0. The van der Waals surface area contributed by atoms with Crippen molar-refractivity contribution in [2.75, 3.05) is 6.54 Å². The summed E-state index contributed by atoms with van der Waals surface area (Å²) in [5, 5.41) is 4.10. The molecule has 1 heterocycles. The molecule has 0 saturated carbocycles. The highest BCUT2D eigenvalue weighted by Crippen LogP contribution is 2.33. The van der Waals surface area contributed by atoms with Crippen LogP contribution in [0, 0.1) is 5.82 Å². The predicted octanol–water partition coefficient (Wildman–Crippen LogP) is 0.441. The van der Waals surface area contributed by atoms with E-state index in [1.54, 1.807) is 5.32 Å². The molecule has 0 radical (unpaired) electrons. The van der Waals surface area contributed by atoms with Crippen LogP contribution in [0.2, 0.25) is 5.02 Å². The molecule has 1 aliphatic rings. The van der Waals surface area contributed by atoms with E-state index in [0.29, 0.717) is 4.90 Å². The summed E-state index contributed by atoms with van der Waals surface area (Å²) in [5.41, 5.74) is 3.40. The van der Waals surface area contributed by atoms with E-state index in [1.807, 2.05) is 0 Å². The number of carbonyl (C=O) groups excluding carboxylic acids is 4. The molecule has 1 aromatic rings. The van der Waals surface area contributed by atoms with E-state index in [-0.39, 0.29) is 10.6 Å². The second-order valence-electron chi connectivity index (χ2n) is 4.98. The number of rotatable bonds is 3. The zero-order valence-electron chi connectivity index (χ0n) is 11.9. The van der Waals surface area contributed by atoms with Gasteiger partial charge in [0.05, 0.1) is 0 Å². The fourth-order valence-corrected chi connectivity index (χ4v) is 2.59. The minimum Gasteiger partial charge on any atom is -0.351 e. The Balaban J connectivity index is 2.29. The number of nitrogens with two attached hydrogens (primary N) is 1. The lowest BCUT2D eigenvalue weighted by Gasteiger charge is -2.23. The smallest absolute Gasteiger partial charge is 0.325 e. The van der Waals surface area contributed by atoms with E-state index < -0.39 is 41.8 Å². The first-order valence-electron chi connectivity index (χ1n) is 6.34. The molecule has 2 rings (SSSR count). The van der Waals surface area contributed by atoms with Crippen molar-refractivity contribution < 1.29 is 23.6 Å². The Bertz CT molecular complexity index is 726. The molecule has 10 heteroatoms. The first kappa shape index (κ1) is 16.7. The maximum atomic E-state index is 13.1. The number of benzene rings is 1. The Morgan fingerprint density at radius 1 is 1.43 bits per heavy atom. The molecule has 4 N–H and O–H groups in total. The molecular formula is C13H12ClFN4O4. The van der Waals surface area contributed by atoms with Gasteiger partial charge in [0.2, 0.25) is 5.91 Å². The molecule has 0 aliphatic carbocycles. The highest BCUT2D eigenvalue weighted by Gasteiger charge is 2.50. The van der Waals surface area contributed by atoms with E-state index in [2.05, 4.69) is 5.32 Å². The molecule has 0 spiro atoms. The minimum absolute atomic E-state index is 0.0513. The van der Waals surface area contributed by atoms with Crippen molar-refractivity contribution in [3.05, 3.63) is 34.6 Å². The van der Waals surface area contributed by atoms with Crippen LogP contribution >= 0.6 is 11.6 Å². The summed E-state index contributed by atoms with van der Waals surface area (Å²) in [7, 11) is 0. The minimum atomic E-state index is -1.56. The topological polar surface area (TPSA) is 122 Å². The molecule has 122 valence electrons. The molecule has 1 fully saturated rings. The molecule has 8 nitrogen and oxygen atoms in total. The van der Waals surface area contributed by atoms with Crippen LogP contribution in [-0.2, 0) is 15.1 Å². The summed E-state index contributed by atoms with van der Waals surface area (Å²) < 4.78 is 13.1. The number of primary amides is 1. The van der Waals surface area contributed by atoms with Gasteiger partial charge in [0.25, 0.3) is 5.91 Å². The number of urea groups is 2. The van der Waals surface area contributed by atoms with Gasteiger partial charge < -0.3 is 11.1 Å². The lowest BCUT2D eigenvalue weighted by molar-refractivity contribution is -0.134. The second kappa shape index (κ2) is 5.84. The summed E-state index contributed by atoms with van der Waals surface area (Å²) in [6, 6.07) is 1.41.